The summed E-state index contributed by atoms with van der Waals surface area (Å²) in [5.41, 5.74) is 8.92. The molecule has 4 heteroatoms. The van der Waals surface area contributed by atoms with Crippen LogP contribution in [0.5, 0.6) is 0 Å². The second-order valence-corrected chi connectivity index (χ2v) is 5.19. The van der Waals surface area contributed by atoms with E-state index in [2.05, 4.69) is 0 Å². The van der Waals surface area contributed by atoms with Crippen LogP contribution < -0.4 is 5.73 Å². The van der Waals surface area contributed by atoms with Gasteiger partial charge in [-0.25, -0.2) is 0 Å². The van der Waals surface area contributed by atoms with Gasteiger partial charge in [0.2, 0.25) is 0 Å². The van der Waals surface area contributed by atoms with Crippen LogP contribution in [0.3, 0.4) is 0 Å². The van der Waals surface area contributed by atoms with Gasteiger partial charge in [0.1, 0.15) is 5.69 Å². The van der Waals surface area contributed by atoms with Gasteiger partial charge in [-0.3, -0.25) is 4.79 Å². The lowest BCUT2D eigenvalue weighted by Crippen LogP contribution is -2.15. The van der Waals surface area contributed by atoms with Gasteiger partial charge in [-0.1, -0.05) is 52.5 Å². The quantitative estimate of drug-likeness (QED) is 0.764. The van der Waals surface area contributed by atoms with Crippen molar-refractivity contribution in [2.24, 2.45) is 5.73 Å². The van der Waals surface area contributed by atoms with Gasteiger partial charge in [0.15, 0.2) is 0 Å². The van der Waals surface area contributed by atoms with E-state index < -0.39 is 5.91 Å². The lowest BCUT2D eigenvalue weighted by atomic mass is 10.0. The van der Waals surface area contributed by atoms with Crippen molar-refractivity contribution in [2.75, 3.05) is 0 Å². The summed E-state index contributed by atoms with van der Waals surface area (Å²) in [7, 11) is 0. The van der Waals surface area contributed by atoms with Crippen molar-refractivity contribution < 1.29 is 9.28 Å². The average molecular weight is 282 g/mol. The topological polar surface area (TPSA) is 48.0 Å². The maximum atomic E-state index is 14.6. The molecule has 1 amide bonds. The van der Waals surface area contributed by atoms with Gasteiger partial charge in [0, 0.05) is 10.9 Å². The number of nitrogens with two attached hydrogens (primary N) is 1. The number of halogens is 1. The first-order chi connectivity index (χ1) is 10.0. The first kappa shape index (κ1) is 13.4. The predicted molar refractivity (Wildman–Crippen MR) is 81.9 cm³/mol. The van der Waals surface area contributed by atoms with E-state index in [0.717, 1.165) is 16.7 Å². The van der Waals surface area contributed by atoms with Crippen LogP contribution >= 0.6 is 0 Å². The zero-order chi connectivity index (χ0) is 15.1. The van der Waals surface area contributed by atoms with Crippen LogP contribution in [0.1, 0.15) is 21.6 Å². The Morgan fingerprint density at radius 3 is 2.38 bits per heavy atom. The molecular formula is C17H15FN2O. The second kappa shape index (κ2) is 4.74. The monoisotopic (exact) mass is 282 g/mol. The van der Waals surface area contributed by atoms with E-state index in [9.17, 15) is 9.28 Å². The third-order valence-corrected chi connectivity index (χ3v) is 3.78. The number of nitrogens with zero attached hydrogens (tertiary/aromatic N) is 1. The number of hydrogen-bond donors (Lipinski definition) is 1. The summed E-state index contributed by atoms with van der Waals surface area (Å²) in [5.74, 6) is -0.763. The lowest BCUT2D eigenvalue weighted by molar-refractivity contribution is 0.0982. The smallest absolute Gasteiger partial charge is 0.268 e. The maximum Gasteiger partial charge on any atom is 0.268 e. The molecule has 0 saturated heterocycles. The highest BCUT2D eigenvalue weighted by atomic mass is 19.2. The number of aryl methyl sites for hydroxylation is 2. The van der Waals surface area contributed by atoms with Crippen molar-refractivity contribution in [3.05, 3.63) is 59.3 Å². The fourth-order valence-corrected chi connectivity index (χ4v) is 2.69. The van der Waals surface area contributed by atoms with Gasteiger partial charge >= 0.3 is 0 Å². The fourth-order valence-electron chi connectivity index (χ4n) is 2.69. The van der Waals surface area contributed by atoms with E-state index in [-0.39, 0.29) is 5.69 Å². The van der Waals surface area contributed by atoms with Crippen LogP contribution in [0.4, 0.5) is 4.48 Å². The molecule has 106 valence electrons. The Labute approximate surface area is 121 Å². The molecule has 0 unspecified atom stereocenters. The number of aromatic nitrogens is 1. The minimum absolute atomic E-state index is 0.0930. The third-order valence-electron chi connectivity index (χ3n) is 3.78. The summed E-state index contributed by atoms with van der Waals surface area (Å²) < 4.78 is 14.6. The molecule has 2 aromatic carbocycles. The number of rotatable bonds is 2. The lowest BCUT2D eigenvalue weighted by Gasteiger charge is -2.05. The molecule has 0 bridgehead atoms. The number of hydrogen-bond acceptors (Lipinski definition) is 1. The number of carbonyl (C=O) groups excluding carboxylic acids is 1. The average Bonchev–Trinajstić information content (AvgIpc) is 2.72. The molecule has 21 heavy (non-hydrogen) atoms. The Morgan fingerprint density at radius 2 is 1.76 bits per heavy atom. The molecule has 3 aromatic rings. The molecule has 0 aliphatic rings. The number of benzene rings is 2. The molecule has 0 aliphatic heterocycles. The van der Waals surface area contributed by atoms with Crippen molar-refractivity contribution in [2.45, 2.75) is 13.8 Å². The summed E-state index contributed by atoms with van der Waals surface area (Å²) in [6, 6.07) is 13.3. The van der Waals surface area contributed by atoms with Gasteiger partial charge < -0.3 is 5.73 Å². The normalized spacial score (nSPS) is 11.0. The van der Waals surface area contributed by atoms with E-state index in [4.69, 9.17) is 5.73 Å². The number of fused-ring (bicyclic) bond motifs is 1. The molecule has 0 radical (unpaired) electrons. The number of carbonyl (C=O) groups is 1. The van der Waals surface area contributed by atoms with Gasteiger partial charge in [0.25, 0.3) is 5.91 Å². The minimum Gasteiger partial charge on any atom is -0.364 e. The Balaban J connectivity index is 2.37. The minimum atomic E-state index is -0.763. The second-order valence-electron chi connectivity index (χ2n) is 5.19. The maximum absolute atomic E-state index is 14.6. The zero-order valence-corrected chi connectivity index (χ0v) is 11.9. The summed E-state index contributed by atoms with van der Waals surface area (Å²) >= 11 is 0. The standard InChI is InChI=1S/C17H15FN2O/c1-10-6-8-12(9-7-10)14-5-3-4-13-11(2)15(17(19)21)20(18)16(13)14/h3-9H,1-2H3,(H2,19,21). The number of para-hydroxylation sites is 1. The van der Waals surface area contributed by atoms with Crippen LogP contribution in [-0.2, 0) is 0 Å². The molecule has 1 aromatic heterocycles. The van der Waals surface area contributed by atoms with Crippen molar-refractivity contribution in [3.8, 4) is 11.1 Å². The Bertz CT molecular complexity index is 847. The van der Waals surface area contributed by atoms with E-state index in [1.165, 1.54) is 0 Å². The van der Waals surface area contributed by atoms with E-state index in [1.807, 2.05) is 43.3 Å². The van der Waals surface area contributed by atoms with Gasteiger partial charge in [-0.2, -0.15) is 4.79 Å². The largest absolute Gasteiger partial charge is 0.364 e. The Hall–Kier alpha value is -2.62. The van der Waals surface area contributed by atoms with Crippen molar-refractivity contribution in [3.63, 3.8) is 0 Å². The van der Waals surface area contributed by atoms with Crippen LogP contribution in [0.2, 0.25) is 0 Å². The van der Waals surface area contributed by atoms with Crippen LogP contribution in [0.15, 0.2) is 42.5 Å². The highest BCUT2D eigenvalue weighted by Crippen LogP contribution is 2.34. The van der Waals surface area contributed by atoms with E-state index in [0.29, 0.717) is 21.3 Å². The van der Waals surface area contributed by atoms with Crippen LogP contribution in [-0.4, -0.2) is 10.7 Å². The van der Waals surface area contributed by atoms with Gasteiger partial charge in [-0.15, -0.1) is 0 Å². The van der Waals surface area contributed by atoms with Crippen LogP contribution in [0.25, 0.3) is 22.0 Å². The molecule has 3 rings (SSSR count). The van der Waals surface area contributed by atoms with Crippen molar-refractivity contribution in [1.29, 1.82) is 0 Å². The zero-order valence-electron chi connectivity index (χ0n) is 11.9. The van der Waals surface area contributed by atoms with Crippen molar-refractivity contribution in [1.82, 2.24) is 4.79 Å². The first-order valence-corrected chi connectivity index (χ1v) is 6.67. The summed E-state index contributed by atoms with van der Waals surface area (Å²) in [5, 5.41) is 0.698. The first-order valence-electron chi connectivity index (χ1n) is 6.67. The molecule has 1 heterocycles. The molecule has 0 fully saturated rings. The van der Waals surface area contributed by atoms with Crippen LogP contribution in [0, 0.1) is 13.8 Å². The fraction of sp³-hybridized carbons (Fsp3) is 0.118. The summed E-state index contributed by atoms with van der Waals surface area (Å²) in [4.78, 5) is 11.9. The van der Waals surface area contributed by atoms with Gasteiger partial charge in [-0.05, 0) is 25.0 Å². The molecule has 0 saturated carbocycles. The molecule has 0 spiro atoms. The summed E-state index contributed by atoms with van der Waals surface area (Å²) in [6.45, 7) is 3.70. The third kappa shape index (κ3) is 2.00. The van der Waals surface area contributed by atoms with Crippen molar-refractivity contribution >= 4 is 16.8 Å². The summed E-state index contributed by atoms with van der Waals surface area (Å²) in [6.07, 6.45) is 0. The van der Waals surface area contributed by atoms with E-state index in [1.54, 1.807) is 13.0 Å². The molecule has 0 aliphatic carbocycles. The molecule has 0 atom stereocenters. The number of amides is 1. The predicted octanol–water partition coefficient (Wildman–Crippen LogP) is 3.76. The SMILES string of the molecule is Cc1ccc(-c2cccc3c(C)c(C(N)=O)n(F)c23)cc1. The Kier molecular flexibility index (Phi) is 3.01. The molecular weight excluding hydrogens is 267 g/mol. The highest BCUT2D eigenvalue weighted by Gasteiger charge is 2.20. The number of primary amides is 1. The highest BCUT2D eigenvalue weighted by molar-refractivity contribution is 6.04. The van der Waals surface area contributed by atoms with E-state index >= 15 is 0 Å². The van der Waals surface area contributed by atoms with Gasteiger partial charge in [0.05, 0.1) is 5.52 Å². The molecule has 2 N–H and O–H groups in total. The Morgan fingerprint density at radius 1 is 1.10 bits per heavy atom. The molecule has 3 nitrogen and oxygen atoms in total.